The Kier molecular flexibility index (Phi) is 5.95. The molecule has 1 aromatic rings. The quantitative estimate of drug-likeness (QED) is 0.875. The number of urea groups is 1. The maximum atomic E-state index is 11.9. The number of carbonyl (C=O) groups is 1. The molecule has 0 aliphatic heterocycles. The lowest BCUT2D eigenvalue weighted by molar-refractivity contribution is 0.243. The van der Waals surface area contributed by atoms with E-state index in [0.717, 1.165) is 24.2 Å². The van der Waals surface area contributed by atoms with Crippen LogP contribution in [0.5, 0.6) is 0 Å². The van der Waals surface area contributed by atoms with Gasteiger partial charge in [0, 0.05) is 30.6 Å². The van der Waals surface area contributed by atoms with E-state index >= 15 is 0 Å². The van der Waals surface area contributed by atoms with E-state index in [1.54, 1.807) is 6.20 Å². The van der Waals surface area contributed by atoms with Crippen LogP contribution < -0.4 is 10.6 Å². The third-order valence-corrected chi connectivity index (χ3v) is 3.46. The van der Waals surface area contributed by atoms with E-state index in [4.69, 9.17) is 0 Å². The van der Waals surface area contributed by atoms with Crippen molar-refractivity contribution in [2.75, 3.05) is 6.54 Å². The molecule has 2 N–H and O–H groups in total. The SMILES string of the molecule is CC(C)C1=CCC=C(NC(=O)NCCc2ccccn2)C=C1. The molecule has 0 fully saturated rings. The number of pyridine rings is 1. The zero-order valence-electron chi connectivity index (χ0n) is 13.2. The number of carbonyl (C=O) groups excluding carboxylic acids is 1. The van der Waals surface area contributed by atoms with Crippen LogP contribution in [0.2, 0.25) is 0 Å². The van der Waals surface area contributed by atoms with Crippen molar-refractivity contribution < 1.29 is 4.79 Å². The average molecular weight is 297 g/mol. The van der Waals surface area contributed by atoms with Crippen LogP contribution in [0.4, 0.5) is 4.79 Å². The topological polar surface area (TPSA) is 54.0 Å². The van der Waals surface area contributed by atoms with Crippen molar-refractivity contribution in [2.45, 2.75) is 26.7 Å². The summed E-state index contributed by atoms with van der Waals surface area (Å²) in [4.78, 5) is 16.1. The van der Waals surface area contributed by atoms with Gasteiger partial charge >= 0.3 is 6.03 Å². The molecule has 1 aromatic heterocycles. The minimum absolute atomic E-state index is 0.181. The fourth-order valence-corrected chi connectivity index (χ4v) is 2.19. The number of allylic oxidation sites excluding steroid dienone is 5. The van der Waals surface area contributed by atoms with E-state index in [1.807, 2.05) is 30.4 Å². The highest BCUT2D eigenvalue weighted by Gasteiger charge is 2.05. The molecule has 1 aliphatic rings. The summed E-state index contributed by atoms with van der Waals surface area (Å²) in [6.45, 7) is 4.90. The van der Waals surface area contributed by atoms with Crippen LogP contribution in [-0.2, 0) is 6.42 Å². The average Bonchev–Trinajstić information content (AvgIpc) is 2.74. The van der Waals surface area contributed by atoms with Crippen molar-refractivity contribution in [3.05, 3.63) is 65.7 Å². The zero-order chi connectivity index (χ0) is 15.8. The molecule has 4 heteroatoms. The molecule has 116 valence electrons. The van der Waals surface area contributed by atoms with Crippen molar-refractivity contribution in [2.24, 2.45) is 5.92 Å². The van der Waals surface area contributed by atoms with E-state index in [1.165, 1.54) is 5.57 Å². The molecule has 2 amide bonds. The van der Waals surface area contributed by atoms with Gasteiger partial charge in [-0.15, -0.1) is 0 Å². The predicted octanol–water partition coefficient (Wildman–Crippen LogP) is 3.35. The number of amides is 2. The summed E-state index contributed by atoms with van der Waals surface area (Å²) >= 11 is 0. The highest BCUT2D eigenvalue weighted by molar-refractivity contribution is 5.76. The second-order valence-corrected chi connectivity index (χ2v) is 5.54. The first-order chi connectivity index (χ1) is 10.6. The molecular weight excluding hydrogens is 274 g/mol. The maximum Gasteiger partial charge on any atom is 0.319 e. The number of nitrogens with one attached hydrogen (secondary N) is 2. The monoisotopic (exact) mass is 297 g/mol. The zero-order valence-corrected chi connectivity index (χ0v) is 13.2. The molecule has 0 spiro atoms. The second kappa shape index (κ2) is 8.17. The lowest BCUT2D eigenvalue weighted by atomic mass is 10.0. The Morgan fingerprint density at radius 1 is 1.27 bits per heavy atom. The van der Waals surface area contributed by atoms with Crippen molar-refractivity contribution >= 4 is 6.03 Å². The van der Waals surface area contributed by atoms with E-state index < -0.39 is 0 Å². The first kappa shape index (κ1) is 16.0. The predicted molar refractivity (Wildman–Crippen MR) is 89.2 cm³/mol. The summed E-state index contributed by atoms with van der Waals surface area (Å²) < 4.78 is 0. The molecule has 0 bridgehead atoms. The second-order valence-electron chi connectivity index (χ2n) is 5.54. The minimum Gasteiger partial charge on any atom is -0.337 e. The van der Waals surface area contributed by atoms with Crippen LogP contribution in [0.1, 0.15) is 26.0 Å². The summed E-state index contributed by atoms with van der Waals surface area (Å²) in [5.74, 6) is 0.496. The summed E-state index contributed by atoms with van der Waals surface area (Å²) in [6.07, 6.45) is 11.6. The molecule has 0 atom stereocenters. The molecule has 2 rings (SSSR count). The first-order valence-electron chi connectivity index (χ1n) is 7.68. The lowest BCUT2D eigenvalue weighted by Gasteiger charge is -2.08. The van der Waals surface area contributed by atoms with Crippen LogP contribution in [-0.4, -0.2) is 17.6 Å². The normalized spacial score (nSPS) is 14.1. The first-order valence-corrected chi connectivity index (χ1v) is 7.68. The number of nitrogens with zero attached hydrogens (tertiary/aromatic N) is 1. The fraction of sp³-hybridized carbons (Fsp3) is 0.333. The maximum absolute atomic E-state index is 11.9. The smallest absolute Gasteiger partial charge is 0.319 e. The van der Waals surface area contributed by atoms with Crippen LogP contribution in [0, 0.1) is 5.92 Å². The van der Waals surface area contributed by atoms with E-state index in [0.29, 0.717) is 12.5 Å². The Labute approximate surface area is 132 Å². The molecule has 0 saturated carbocycles. The van der Waals surface area contributed by atoms with E-state index in [-0.39, 0.29) is 6.03 Å². The molecule has 0 unspecified atom stereocenters. The third-order valence-electron chi connectivity index (χ3n) is 3.46. The Hall–Kier alpha value is -2.36. The molecule has 0 radical (unpaired) electrons. The Morgan fingerprint density at radius 2 is 2.14 bits per heavy atom. The van der Waals surface area contributed by atoms with Crippen molar-refractivity contribution in [1.82, 2.24) is 15.6 Å². The van der Waals surface area contributed by atoms with Crippen LogP contribution in [0.3, 0.4) is 0 Å². The molecule has 1 aliphatic carbocycles. The molecule has 22 heavy (non-hydrogen) atoms. The van der Waals surface area contributed by atoms with Gasteiger partial charge in [0.05, 0.1) is 0 Å². The fourth-order valence-electron chi connectivity index (χ4n) is 2.19. The van der Waals surface area contributed by atoms with E-state index in [2.05, 4.69) is 41.6 Å². The highest BCUT2D eigenvalue weighted by atomic mass is 16.2. The number of rotatable bonds is 5. The van der Waals surface area contributed by atoms with Gasteiger partial charge in [0.15, 0.2) is 0 Å². The van der Waals surface area contributed by atoms with Crippen molar-refractivity contribution in [3.63, 3.8) is 0 Å². The van der Waals surface area contributed by atoms with Gasteiger partial charge in [-0.25, -0.2) is 4.79 Å². The van der Waals surface area contributed by atoms with Gasteiger partial charge in [0.2, 0.25) is 0 Å². The van der Waals surface area contributed by atoms with Crippen LogP contribution in [0.15, 0.2) is 60.0 Å². The van der Waals surface area contributed by atoms with Gasteiger partial charge in [0.25, 0.3) is 0 Å². The number of hydrogen-bond donors (Lipinski definition) is 2. The number of aromatic nitrogens is 1. The third kappa shape index (κ3) is 5.20. The molecule has 0 saturated heterocycles. The molecule has 4 nitrogen and oxygen atoms in total. The van der Waals surface area contributed by atoms with Crippen molar-refractivity contribution in [1.29, 1.82) is 0 Å². The lowest BCUT2D eigenvalue weighted by Crippen LogP contribution is -2.35. The van der Waals surface area contributed by atoms with Gasteiger partial charge in [-0.1, -0.05) is 38.1 Å². The highest BCUT2D eigenvalue weighted by Crippen LogP contribution is 2.16. The Balaban J connectivity index is 1.76. The molecular formula is C18H23N3O. The molecule has 0 aromatic carbocycles. The van der Waals surface area contributed by atoms with E-state index in [9.17, 15) is 4.79 Å². The van der Waals surface area contributed by atoms with Gasteiger partial charge < -0.3 is 10.6 Å². The Morgan fingerprint density at radius 3 is 2.86 bits per heavy atom. The summed E-state index contributed by atoms with van der Waals surface area (Å²) in [5, 5.41) is 5.73. The molecule has 1 heterocycles. The summed E-state index contributed by atoms with van der Waals surface area (Å²) in [5.41, 5.74) is 3.10. The minimum atomic E-state index is -0.181. The van der Waals surface area contributed by atoms with Gasteiger partial charge in [-0.05, 0) is 36.1 Å². The number of hydrogen-bond acceptors (Lipinski definition) is 2. The van der Waals surface area contributed by atoms with Gasteiger partial charge in [-0.3, -0.25) is 4.98 Å². The van der Waals surface area contributed by atoms with Crippen molar-refractivity contribution in [3.8, 4) is 0 Å². The standard InChI is InChI=1S/C18H23N3O/c1-14(2)15-6-5-8-17(10-9-15)21-18(22)20-13-11-16-7-3-4-12-19-16/h3-4,6-10,12,14H,5,11,13H2,1-2H3,(H2,20,21,22). The largest absolute Gasteiger partial charge is 0.337 e. The van der Waals surface area contributed by atoms with Gasteiger partial charge in [-0.2, -0.15) is 0 Å². The van der Waals surface area contributed by atoms with Crippen LogP contribution in [0.25, 0.3) is 0 Å². The van der Waals surface area contributed by atoms with Gasteiger partial charge in [0.1, 0.15) is 0 Å². The van der Waals surface area contributed by atoms with Crippen LogP contribution >= 0.6 is 0 Å². The Bertz CT molecular complexity index is 586. The summed E-state index contributed by atoms with van der Waals surface area (Å²) in [6, 6.07) is 5.60. The summed E-state index contributed by atoms with van der Waals surface area (Å²) in [7, 11) is 0.